The molecule has 3 nitrogen and oxygen atoms in total. The molecule has 1 aliphatic rings. The van der Waals surface area contributed by atoms with E-state index in [0.29, 0.717) is 0 Å². The predicted molar refractivity (Wildman–Crippen MR) is 83.9 cm³/mol. The molecule has 0 bridgehead atoms. The van der Waals surface area contributed by atoms with Crippen LogP contribution in [0.5, 0.6) is 0 Å². The summed E-state index contributed by atoms with van der Waals surface area (Å²) in [6.07, 6.45) is 0. The van der Waals surface area contributed by atoms with Crippen molar-refractivity contribution in [1.82, 2.24) is 9.88 Å². The summed E-state index contributed by atoms with van der Waals surface area (Å²) in [5.41, 5.74) is 2.37. The molecular weight excluding hydrogens is 302 g/mol. The minimum Gasteiger partial charge on any atom is -0.354 e. The minimum atomic E-state index is 1.06. The number of benzene rings is 1. The molecule has 0 amide bonds. The first-order chi connectivity index (χ1) is 9.13. The Balaban J connectivity index is 1.99. The van der Waals surface area contributed by atoms with Crippen LogP contribution in [0.2, 0.25) is 0 Å². The molecule has 0 atom stereocenters. The van der Waals surface area contributed by atoms with E-state index in [1.54, 1.807) is 0 Å². The first-order valence-corrected chi connectivity index (χ1v) is 7.43. The molecule has 4 heteroatoms. The van der Waals surface area contributed by atoms with E-state index >= 15 is 0 Å². The lowest BCUT2D eigenvalue weighted by molar-refractivity contribution is 0.312. The maximum atomic E-state index is 4.81. The number of aryl methyl sites for hydroxylation is 1. The normalized spacial score (nSPS) is 17.1. The molecule has 1 saturated heterocycles. The predicted octanol–water partition coefficient (Wildman–Crippen LogP) is 3.06. The van der Waals surface area contributed by atoms with Crippen molar-refractivity contribution in [2.45, 2.75) is 6.92 Å². The summed E-state index contributed by atoms with van der Waals surface area (Å²) in [4.78, 5) is 9.56. The molecule has 1 fully saturated rings. The number of halogens is 1. The Morgan fingerprint density at radius 3 is 2.58 bits per heavy atom. The second-order valence-electron chi connectivity index (χ2n) is 5.25. The largest absolute Gasteiger partial charge is 0.354 e. The number of hydrogen-bond donors (Lipinski definition) is 0. The molecule has 2 heterocycles. The number of nitrogens with zero attached hydrogens (tertiary/aromatic N) is 3. The number of pyridine rings is 1. The number of aromatic nitrogens is 1. The zero-order valence-electron chi connectivity index (χ0n) is 11.4. The van der Waals surface area contributed by atoms with Gasteiger partial charge in [-0.2, -0.15) is 0 Å². The third kappa shape index (κ3) is 2.60. The van der Waals surface area contributed by atoms with Crippen LogP contribution in [-0.2, 0) is 0 Å². The van der Waals surface area contributed by atoms with Crippen molar-refractivity contribution >= 4 is 32.7 Å². The number of hydrogen-bond acceptors (Lipinski definition) is 3. The molecule has 2 aromatic rings. The summed E-state index contributed by atoms with van der Waals surface area (Å²) in [6, 6.07) is 8.50. The van der Waals surface area contributed by atoms with Gasteiger partial charge in [0.2, 0.25) is 0 Å². The molecule has 19 heavy (non-hydrogen) atoms. The van der Waals surface area contributed by atoms with Crippen molar-refractivity contribution in [3.05, 3.63) is 34.3 Å². The topological polar surface area (TPSA) is 19.4 Å². The highest BCUT2D eigenvalue weighted by molar-refractivity contribution is 9.10. The van der Waals surface area contributed by atoms with Crippen LogP contribution < -0.4 is 4.90 Å². The number of piperazine rings is 1. The zero-order chi connectivity index (χ0) is 13.4. The van der Waals surface area contributed by atoms with Crippen molar-refractivity contribution in [2.75, 3.05) is 38.1 Å². The van der Waals surface area contributed by atoms with E-state index in [1.807, 2.05) is 0 Å². The highest BCUT2D eigenvalue weighted by Gasteiger charge is 2.16. The van der Waals surface area contributed by atoms with Crippen LogP contribution in [0.15, 0.2) is 28.7 Å². The maximum Gasteiger partial charge on any atom is 0.129 e. The van der Waals surface area contributed by atoms with Crippen molar-refractivity contribution in [1.29, 1.82) is 0 Å². The average molecular weight is 320 g/mol. The monoisotopic (exact) mass is 319 g/mol. The lowest BCUT2D eigenvalue weighted by atomic mass is 10.1. The van der Waals surface area contributed by atoms with Gasteiger partial charge in [-0.1, -0.05) is 15.9 Å². The Hall–Kier alpha value is -1.13. The summed E-state index contributed by atoms with van der Waals surface area (Å²) in [5, 5.41) is 1.23. The Kier molecular flexibility index (Phi) is 3.46. The Morgan fingerprint density at radius 1 is 1.11 bits per heavy atom. The van der Waals surface area contributed by atoms with Gasteiger partial charge in [0.15, 0.2) is 0 Å². The number of rotatable bonds is 1. The molecule has 0 aliphatic carbocycles. The molecule has 100 valence electrons. The lowest BCUT2D eigenvalue weighted by Gasteiger charge is -2.33. The molecular formula is C15H18BrN3. The van der Waals surface area contributed by atoms with Crippen molar-refractivity contribution in [3.63, 3.8) is 0 Å². The van der Waals surface area contributed by atoms with Gasteiger partial charge in [-0.05, 0) is 43.8 Å². The van der Waals surface area contributed by atoms with Crippen LogP contribution in [0.3, 0.4) is 0 Å². The highest BCUT2D eigenvalue weighted by Crippen LogP contribution is 2.25. The van der Waals surface area contributed by atoms with Gasteiger partial charge >= 0.3 is 0 Å². The van der Waals surface area contributed by atoms with Crippen LogP contribution in [0, 0.1) is 6.92 Å². The van der Waals surface area contributed by atoms with Gasteiger partial charge in [0.05, 0.1) is 5.52 Å². The van der Waals surface area contributed by atoms with Crippen molar-refractivity contribution in [3.8, 4) is 0 Å². The van der Waals surface area contributed by atoms with Gasteiger partial charge in [0, 0.05) is 36.0 Å². The van der Waals surface area contributed by atoms with E-state index < -0.39 is 0 Å². The number of anilines is 1. The van der Waals surface area contributed by atoms with Crippen molar-refractivity contribution in [2.24, 2.45) is 0 Å². The number of likely N-dealkylation sites (N-methyl/N-ethyl adjacent to an activating group) is 1. The fourth-order valence-corrected chi connectivity index (χ4v) is 2.91. The van der Waals surface area contributed by atoms with Gasteiger partial charge < -0.3 is 9.80 Å². The number of fused-ring (bicyclic) bond motifs is 1. The summed E-state index contributed by atoms with van der Waals surface area (Å²) >= 11 is 3.52. The average Bonchev–Trinajstić information content (AvgIpc) is 2.40. The van der Waals surface area contributed by atoms with Crippen LogP contribution in [0.4, 0.5) is 5.82 Å². The fraction of sp³-hybridized carbons (Fsp3) is 0.400. The smallest absolute Gasteiger partial charge is 0.129 e. The second kappa shape index (κ2) is 5.10. The van der Waals surface area contributed by atoms with E-state index in [4.69, 9.17) is 4.98 Å². The minimum absolute atomic E-state index is 1.06. The zero-order valence-corrected chi connectivity index (χ0v) is 12.9. The van der Waals surface area contributed by atoms with Crippen LogP contribution >= 0.6 is 15.9 Å². The molecule has 1 aliphatic heterocycles. The molecule has 0 radical (unpaired) electrons. The third-order valence-corrected chi connectivity index (χ3v) is 4.28. The van der Waals surface area contributed by atoms with Gasteiger partial charge in [-0.15, -0.1) is 0 Å². The van der Waals surface area contributed by atoms with Gasteiger partial charge in [0.1, 0.15) is 5.82 Å². The first kappa shape index (κ1) is 12.9. The van der Waals surface area contributed by atoms with Gasteiger partial charge in [-0.3, -0.25) is 0 Å². The molecule has 1 aromatic carbocycles. The molecule has 0 N–H and O–H groups in total. The van der Waals surface area contributed by atoms with E-state index in [2.05, 4.69) is 64.0 Å². The SMILES string of the molecule is Cc1cc(N2CCN(C)CC2)nc2ccc(Br)cc12. The molecule has 0 spiro atoms. The summed E-state index contributed by atoms with van der Waals surface area (Å²) in [7, 11) is 2.17. The third-order valence-electron chi connectivity index (χ3n) is 3.79. The second-order valence-corrected chi connectivity index (χ2v) is 6.16. The van der Waals surface area contributed by atoms with Gasteiger partial charge in [-0.25, -0.2) is 4.98 Å². The van der Waals surface area contributed by atoms with E-state index in [9.17, 15) is 0 Å². The van der Waals surface area contributed by atoms with E-state index in [0.717, 1.165) is 42.0 Å². The summed E-state index contributed by atoms with van der Waals surface area (Å²) in [5.74, 6) is 1.11. The Labute approximate surface area is 122 Å². The molecule has 0 unspecified atom stereocenters. The Bertz CT molecular complexity index is 604. The first-order valence-electron chi connectivity index (χ1n) is 6.64. The van der Waals surface area contributed by atoms with E-state index in [-0.39, 0.29) is 0 Å². The highest BCUT2D eigenvalue weighted by atomic mass is 79.9. The summed E-state index contributed by atoms with van der Waals surface area (Å²) in [6.45, 7) is 6.50. The standard InChI is InChI=1S/C15H18BrN3/c1-11-9-15(19-7-5-18(2)6-8-19)17-14-4-3-12(16)10-13(11)14/h3-4,9-10H,5-8H2,1-2H3. The maximum absolute atomic E-state index is 4.81. The summed E-state index contributed by atoms with van der Waals surface area (Å²) < 4.78 is 1.11. The molecule has 0 saturated carbocycles. The lowest BCUT2D eigenvalue weighted by Crippen LogP contribution is -2.44. The quantitative estimate of drug-likeness (QED) is 0.805. The molecule has 3 rings (SSSR count). The molecule has 1 aromatic heterocycles. The van der Waals surface area contributed by atoms with Crippen LogP contribution in [0.1, 0.15) is 5.56 Å². The van der Waals surface area contributed by atoms with Crippen molar-refractivity contribution < 1.29 is 0 Å². The Morgan fingerprint density at radius 2 is 1.84 bits per heavy atom. The van der Waals surface area contributed by atoms with Crippen LogP contribution in [0.25, 0.3) is 10.9 Å². The van der Waals surface area contributed by atoms with E-state index in [1.165, 1.54) is 10.9 Å². The van der Waals surface area contributed by atoms with Crippen LogP contribution in [-0.4, -0.2) is 43.1 Å². The fourth-order valence-electron chi connectivity index (χ4n) is 2.55. The van der Waals surface area contributed by atoms with Gasteiger partial charge in [0.25, 0.3) is 0 Å².